The number of methoxy groups -OCH3 is 1. The first-order valence-electron chi connectivity index (χ1n) is 6.60. The number of nitrogens with one attached hydrogen (secondary N) is 1. The molecule has 0 aromatic carbocycles. The van der Waals surface area contributed by atoms with Crippen LogP contribution in [0.25, 0.3) is 0 Å². The molecule has 0 fully saturated rings. The summed E-state index contributed by atoms with van der Waals surface area (Å²) in [5, 5.41) is 5.53. The minimum Gasteiger partial charge on any atom is -0.465 e. The number of ether oxygens (including phenoxy) is 1. The van der Waals surface area contributed by atoms with Crippen LogP contribution in [0.4, 0.5) is 0 Å². The van der Waals surface area contributed by atoms with Gasteiger partial charge in [0.2, 0.25) is 0 Å². The van der Waals surface area contributed by atoms with Crippen molar-refractivity contribution >= 4 is 17.3 Å². The van der Waals surface area contributed by atoms with Crippen LogP contribution in [0, 0.1) is 6.92 Å². The van der Waals surface area contributed by atoms with Crippen LogP contribution >= 0.6 is 11.3 Å². The maximum absolute atomic E-state index is 11.5. The standard InChI is InChI=1S/C15H19NO3S/c1-4-13(14-6-5-7-20-14)16-9-11-8-12(10(2)19-11)15(17)18-3/h5-8,13,16H,4,9H2,1-3H3. The summed E-state index contributed by atoms with van der Waals surface area (Å²) in [7, 11) is 1.37. The van der Waals surface area contributed by atoms with E-state index in [1.165, 1.54) is 12.0 Å². The zero-order chi connectivity index (χ0) is 14.5. The zero-order valence-electron chi connectivity index (χ0n) is 11.9. The summed E-state index contributed by atoms with van der Waals surface area (Å²) < 4.78 is 10.3. The topological polar surface area (TPSA) is 51.5 Å². The van der Waals surface area contributed by atoms with Crippen molar-refractivity contribution in [3.05, 3.63) is 45.5 Å². The number of aryl methyl sites for hydroxylation is 1. The normalized spacial score (nSPS) is 12.3. The van der Waals surface area contributed by atoms with Gasteiger partial charge in [-0.15, -0.1) is 11.3 Å². The van der Waals surface area contributed by atoms with Gasteiger partial charge in [-0.05, 0) is 30.9 Å². The molecule has 2 heterocycles. The molecule has 0 spiro atoms. The van der Waals surface area contributed by atoms with E-state index in [1.54, 1.807) is 24.3 Å². The SMILES string of the molecule is CCC(NCc1cc(C(=O)OC)c(C)o1)c1cccs1. The lowest BCUT2D eigenvalue weighted by molar-refractivity contribution is 0.0599. The Morgan fingerprint density at radius 2 is 2.35 bits per heavy atom. The summed E-state index contributed by atoms with van der Waals surface area (Å²) in [6, 6.07) is 6.23. The van der Waals surface area contributed by atoms with Gasteiger partial charge in [0.1, 0.15) is 17.1 Å². The van der Waals surface area contributed by atoms with Crippen LogP contribution in [0.2, 0.25) is 0 Å². The van der Waals surface area contributed by atoms with E-state index < -0.39 is 0 Å². The van der Waals surface area contributed by atoms with Gasteiger partial charge in [0, 0.05) is 10.9 Å². The molecule has 108 valence electrons. The lowest BCUT2D eigenvalue weighted by Gasteiger charge is -2.14. The molecular weight excluding hydrogens is 274 g/mol. The van der Waals surface area contributed by atoms with E-state index in [0.717, 1.165) is 12.2 Å². The van der Waals surface area contributed by atoms with Crippen LogP contribution in [0.1, 0.15) is 46.1 Å². The van der Waals surface area contributed by atoms with Crippen LogP contribution in [-0.4, -0.2) is 13.1 Å². The van der Waals surface area contributed by atoms with Gasteiger partial charge >= 0.3 is 5.97 Å². The molecule has 0 aliphatic carbocycles. The predicted molar refractivity (Wildman–Crippen MR) is 79.0 cm³/mol. The zero-order valence-corrected chi connectivity index (χ0v) is 12.8. The Hall–Kier alpha value is -1.59. The molecule has 0 saturated carbocycles. The Bertz CT molecular complexity index is 560. The number of esters is 1. The monoisotopic (exact) mass is 293 g/mol. The van der Waals surface area contributed by atoms with E-state index in [-0.39, 0.29) is 5.97 Å². The van der Waals surface area contributed by atoms with E-state index in [9.17, 15) is 4.79 Å². The van der Waals surface area contributed by atoms with Crippen molar-refractivity contribution in [2.24, 2.45) is 0 Å². The quantitative estimate of drug-likeness (QED) is 0.825. The summed E-state index contributed by atoms with van der Waals surface area (Å²) in [6.07, 6.45) is 1.00. The molecular formula is C15H19NO3S. The average molecular weight is 293 g/mol. The Morgan fingerprint density at radius 3 is 2.95 bits per heavy atom. The summed E-state index contributed by atoms with van der Waals surface area (Å²) in [5.41, 5.74) is 0.494. The second-order valence-electron chi connectivity index (χ2n) is 4.53. The number of thiophene rings is 1. The van der Waals surface area contributed by atoms with Gasteiger partial charge in [-0.3, -0.25) is 0 Å². The highest BCUT2D eigenvalue weighted by Crippen LogP contribution is 2.23. The minimum atomic E-state index is -0.359. The first-order valence-corrected chi connectivity index (χ1v) is 7.48. The van der Waals surface area contributed by atoms with Crippen molar-refractivity contribution in [2.45, 2.75) is 32.9 Å². The molecule has 0 radical (unpaired) electrons. The highest BCUT2D eigenvalue weighted by molar-refractivity contribution is 7.10. The first-order chi connectivity index (χ1) is 9.65. The Balaban J connectivity index is 2.02. The Labute approximate surface area is 122 Å². The number of hydrogen-bond acceptors (Lipinski definition) is 5. The molecule has 1 atom stereocenters. The number of carbonyl (C=O) groups excluding carboxylic acids is 1. The maximum atomic E-state index is 11.5. The van der Waals surface area contributed by atoms with Gasteiger partial charge in [0.15, 0.2) is 0 Å². The molecule has 20 heavy (non-hydrogen) atoms. The lowest BCUT2D eigenvalue weighted by Crippen LogP contribution is -2.19. The Morgan fingerprint density at radius 1 is 1.55 bits per heavy atom. The average Bonchev–Trinajstić information content (AvgIpc) is 3.09. The van der Waals surface area contributed by atoms with Crippen molar-refractivity contribution in [2.75, 3.05) is 7.11 Å². The predicted octanol–water partition coefficient (Wildman–Crippen LogP) is 3.68. The summed E-state index contributed by atoms with van der Waals surface area (Å²) in [6.45, 7) is 4.51. The van der Waals surface area contributed by atoms with E-state index in [2.05, 4.69) is 29.8 Å². The van der Waals surface area contributed by atoms with E-state index in [1.807, 2.05) is 0 Å². The van der Waals surface area contributed by atoms with Crippen LogP contribution in [0.3, 0.4) is 0 Å². The second kappa shape index (κ2) is 6.72. The van der Waals surface area contributed by atoms with Gasteiger partial charge in [-0.1, -0.05) is 13.0 Å². The third-order valence-corrected chi connectivity index (χ3v) is 4.18. The summed E-state index contributed by atoms with van der Waals surface area (Å²) >= 11 is 1.74. The molecule has 1 unspecified atom stereocenters. The highest BCUT2D eigenvalue weighted by atomic mass is 32.1. The van der Waals surface area contributed by atoms with Crippen LogP contribution in [0.5, 0.6) is 0 Å². The van der Waals surface area contributed by atoms with Crippen LogP contribution < -0.4 is 5.32 Å². The minimum absolute atomic E-state index is 0.307. The number of rotatable bonds is 6. The van der Waals surface area contributed by atoms with Crippen LogP contribution in [0.15, 0.2) is 28.0 Å². The molecule has 0 aliphatic rings. The fraction of sp³-hybridized carbons (Fsp3) is 0.400. The van der Waals surface area contributed by atoms with Crippen LogP contribution in [-0.2, 0) is 11.3 Å². The van der Waals surface area contributed by atoms with E-state index >= 15 is 0 Å². The third kappa shape index (κ3) is 3.29. The molecule has 1 N–H and O–H groups in total. The van der Waals surface area contributed by atoms with Crippen molar-refractivity contribution in [3.8, 4) is 0 Å². The van der Waals surface area contributed by atoms with Crippen molar-refractivity contribution in [1.29, 1.82) is 0 Å². The lowest BCUT2D eigenvalue weighted by atomic mass is 10.2. The van der Waals surface area contributed by atoms with Gasteiger partial charge in [-0.2, -0.15) is 0 Å². The number of furan rings is 1. The maximum Gasteiger partial charge on any atom is 0.341 e. The molecule has 5 heteroatoms. The van der Waals surface area contributed by atoms with Crippen molar-refractivity contribution in [3.63, 3.8) is 0 Å². The molecule has 0 amide bonds. The molecule has 2 rings (SSSR count). The van der Waals surface area contributed by atoms with Gasteiger partial charge in [-0.25, -0.2) is 4.79 Å². The largest absolute Gasteiger partial charge is 0.465 e. The number of hydrogen-bond donors (Lipinski definition) is 1. The van der Waals surface area contributed by atoms with Gasteiger partial charge in [0.05, 0.1) is 13.7 Å². The molecule has 4 nitrogen and oxygen atoms in total. The van der Waals surface area contributed by atoms with Crippen molar-refractivity contribution in [1.82, 2.24) is 5.32 Å². The van der Waals surface area contributed by atoms with Gasteiger partial charge in [0.25, 0.3) is 0 Å². The van der Waals surface area contributed by atoms with Gasteiger partial charge < -0.3 is 14.5 Å². The molecule has 2 aromatic heterocycles. The highest BCUT2D eigenvalue weighted by Gasteiger charge is 2.16. The fourth-order valence-corrected chi connectivity index (χ4v) is 2.99. The van der Waals surface area contributed by atoms with Crippen molar-refractivity contribution < 1.29 is 13.9 Å². The molecule has 0 bridgehead atoms. The first kappa shape index (κ1) is 14.8. The molecule has 2 aromatic rings. The molecule has 0 aliphatic heterocycles. The second-order valence-corrected chi connectivity index (χ2v) is 5.51. The fourth-order valence-electron chi connectivity index (χ4n) is 2.10. The number of carbonyl (C=O) groups is 1. The summed E-state index contributed by atoms with van der Waals surface area (Å²) in [5.74, 6) is 0.985. The smallest absolute Gasteiger partial charge is 0.341 e. The molecule has 0 saturated heterocycles. The van der Waals surface area contributed by atoms with E-state index in [4.69, 9.17) is 9.15 Å². The third-order valence-electron chi connectivity index (χ3n) is 3.19. The van der Waals surface area contributed by atoms with E-state index in [0.29, 0.717) is 23.9 Å². The summed E-state index contributed by atoms with van der Waals surface area (Å²) in [4.78, 5) is 12.8. The Kier molecular flexibility index (Phi) is 4.98.